The highest BCUT2D eigenvalue weighted by Crippen LogP contribution is 2.24. The number of aryl methyl sites for hydroxylation is 1. The van der Waals surface area contributed by atoms with E-state index in [0.717, 1.165) is 11.3 Å². The van der Waals surface area contributed by atoms with Crippen molar-refractivity contribution in [3.8, 4) is 5.19 Å². The number of nitrogens with zero attached hydrogens (tertiary/aromatic N) is 5. The number of hydrogen-bond acceptors (Lipinski definition) is 11. The van der Waals surface area contributed by atoms with E-state index in [9.17, 15) is 4.79 Å². The fraction of sp³-hybridized carbons (Fsp3) is 0.571. The molecule has 96 valence electrons. The molecule has 0 aliphatic carbocycles. The summed E-state index contributed by atoms with van der Waals surface area (Å²) in [5.74, 6) is -1.65. The third kappa shape index (κ3) is 3.41. The Morgan fingerprint density at radius 3 is 2.50 bits per heavy atom. The van der Waals surface area contributed by atoms with Crippen molar-refractivity contribution in [1.29, 1.82) is 16.6 Å². The minimum absolute atomic E-state index is 0.159. The molecule has 0 bridgehead atoms. The van der Waals surface area contributed by atoms with Crippen LogP contribution in [0.1, 0.15) is 17.8 Å². The van der Waals surface area contributed by atoms with Crippen molar-refractivity contribution in [3.05, 3.63) is 5.01 Å². The Labute approximate surface area is 105 Å². The molecule has 0 unspecified atom stereocenters. The molecule has 18 heavy (non-hydrogen) atoms. The Hall–Kier alpha value is -2.17. The zero-order valence-corrected chi connectivity index (χ0v) is 9.98. The highest BCUT2D eigenvalue weighted by Gasteiger charge is 2.27. The quantitative estimate of drug-likeness (QED) is 0.463. The minimum atomic E-state index is -1.65. The number of carbonyl (C=O) groups excluding carboxylic acids is 1. The van der Waals surface area contributed by atoms with Crippen molar-refractivity contribution in [2.45, 2.75) is 25.0 Å². The summed E-state index contributed by atoms with van der Waals surface area (Å²) >= 11 is 1.12. The Bertz CT molecular complexity index is 425. The summed E-state index contributed by atoms with van der Waals surface area (Å²) in [5, 5.41) is 17.4. The predicted octanol–water partition coefficient (Wildman–Crippen LogP) is 2.14. The topological polar surface area (TPSA) is 161 Å². The Kier molecular flexibility index (Phi) is 5.05. The molecule has 1 aromatic heterocycles. The van der Waals surface area contributed by atoms with Crippen molar-refractivity contribution in [2.24, 2.45) is 15.3 Å². The second kappa shape index (κ2) is 6.54. The lowest BCUT2D eigenvalue weighted by Crippen LogP contribution is -2.18. The Morgan fingerprint density at radius 2 is 1.94 bits per heavy atom. The molecule has 0 radical (unpaired) electrons. The van der Waals surface area contributed by atoms with Gasteiger partial charge in [0.05, 0.1) is 0 Å². The van der Waals surface area contributed by atoms with Crippen molar-refractivity contribution in [3.63, 3.8) is 0 Å². The van der Waals surface area contributed by atoms with Gasteiger partial charge in [0, 0.05) is 12.8 Å². The van der Waals surface area contributed by atoms with Gasteiger partial charge >= 0.3 is 5.19 Å². The van der Waals surface area contributed by atoms with Gasteiger partial charge in [-0.05, 0) is 6.42 Å². The van der Waals surface area contributed by atoms with E-state index in [1.807, 2.05) is 0 Å². The van der Waals surface area contributed by atoms with Crippen LogP contribution >= 0.6 is 11.3 Å². The van der Waals surface area contributed by atoms with Crippen LogP contribution in [0.2, 0.25) is 0 Å². The predicted molar refractivity (Wildman–Crippen MR) is 57.7 cm³/mol. The van der Waals surface area contributed by atoms with Crippen LogP contribution in [0, 0.1) is 16.6 Å². The minimum Gasteiger partial charge on any atom is -0.399 e. The normalized spacial score (nSPS) is 13.3. The lowest BCUT2D eigenvalue weighted by atomic mass is 10.1. The van der Waals surface area contributed by atoms with Gasteiger partial charge in [-0.25, -0.2) is 16.6 Å². The van der Waals surface area contributed by atoms with E-state index in [-0.39, 0.29) is 18.1 Å². The first-order chi connectivity index (χ1) is 8.69. The van der Waals surface area contributed by atoms with Crippen molar-refractivity contribution in [2.75, 3.05) is 0 Å². The fourth-order valence-corrected chi connectivity index (χ4v) is 1.85. The molecule has 1 heterocycles. The van der Waals surface area contributed by atoms with E-state index >= 15 is 0 Å². The lowest BCUT2D eigenvalue weighted by molar-refractivity contribution is -0.120. The summed E-state index contributed by atoms with van der Waals surface area (Å²) in [6, 6.07) is 0. The largest absolute Gasteiger partial charge is 0.399 e. The van der Waals surface area contributed by atoms with E-state index in [4.69, 9.17) is 16.6 Å². The summed E-state index contributed by atoms with van der Waals surface area (Å²) in [5.41, 5.74) is 20.6. The maximum absolute atomic E-state index is 10.1. The molecule has 11 heteroatoms. The molecule has 1 aromatic rings. The number of carbonyl (C=O) groups is 1. The third-order valence-corrected chi connectivity index (χ3v) is 2.91. The van der Waals surface area contributed by atoms with Crippen LogP contribution in [0.4, 0.5) is 0 Å². The molecule has 1 rings (SSSR count). The van der Waals surface area contributed by atoms with Gasteiger partial charge in [0.1, 0.15) is 5.01 Å². The van der Waals surface area contributed by atoms with Gasteiger partial charge in [-0.3, -0.25) is 4.79 Å². The van der Waals surface area contributed by atoms with Gasteiger partial charge in [-0.1, -0.05) is 16.4 Å². The van der Waals surface area contributed by atoms with Crippen LogP contribution in [0.25, 0.3) is 0 Å². The summed E-state index contributed by atoms with van der Waals surface area (Å²) < 4.78 is 4.52. The van der Waals surface area contributed by atoms with Gasteiger partial charge < -0.3 is 4.74 Å². The molecule has 0 aliphatic rings. The van der Waals surface area contributed by atoms with Gasteiger partial charge in [0.15, 0.2) is 0 Å². The molecule has 0 saturated carbocycles. The molecule has 0 saturated heterocycles. The highest BCUT2D eigenvalue weighted by molar-refractivity contribution is 7.13. The SMILES string of the molecule is N=NC(CCCc1nnc(OC=O)s1)(N=N)N=N. The van der Waals surface area contributed by atoms with Crippen LogP contribution in [0.5, 0.6) is 5.19 Å². The average molecular weight is 270 g/mol. The summed E-state index contributed by atoms with van der Waals surface area (Å²) in [4.78, 5) is 10.1. The number of ether oxygens (including phenoxy) is 1. The molecule has 0 amide bonds. The second-order valence-corrected chi connectivity index (χ2v) is 4.16. The molecule has 0 aromatic carbocycles. The molecule has 3 N–H and O–H groups in total. The van der Waals surface area contributed by atoms with Crippen molar-refractivity contribution in [1.82, 2.24) is 10.2 Å². The second-order valence-electron chi connectivity index (χ2n) is 3.14. The maximum Gasteiger partial charge on any atom is 0.301 e. The Morgan fingerprint density at radius 1 is 1.28 bits per heavy atom. The number of rotatable bonds is 9. The molecular formula is C7H10N8O2S. The first kappa shape index (κ1) is 13.9. The average Bonchev–Trinajstić information content (AvgIpc) is 2.84. The van der Waals surface area contributed by atoms with E-state index in [0.29, 0.717) is 17.8 Å². The fourth-order valence-electron chi connectivity index (χ4n) is 1.15. The summed E-state index contributed by atoms with van der Waals surface area (Å²) in [6.45, 7) is 0.270. The molecule has 0 aliphatic heterocycles. The van der Waals surface area contributed by atoms with Gasteiger partial charge in [0.2, 0.25) is 0 Å². The number of nitrogens with one attached hydrogen (secondary N) is 3. The van der Waals surface area contributed by atoms with Gasteiger partial charge in [0.25, 0.3) is 12.3 Å². The monoisotopic (exact) mass is 270 g/mol. The highest BCUT2D eigenvalue weighted by atomic mass is 32.1. The first-order valence-electron chi connectivity index (χ1n) is 4.78. The Balaban J connectivity index is 2.49. The van der Waals surface area contributed by atoms with Crippen LogP contribution in [0.15, 0.2) is 15.3 Å². The van der Waals surface area contributed by atoms with Crippen LogP contribution in [-0.4, -0.2) is 22.5 Å². The van der Waals surface area contributed by atoms with Crippen LogP contribution < -0.4 is 4.74 Å². The van der Waals surface area contributed by atoms with E-state index in [1.165, 1.54) is 0 Å². The summed E-state index contributed by atoms with van der Waals surface area (Å²) in [6.07, 6.45) is 1.12. The molecular weight excluding hydrogens is 260 g/mol. The van der Waals surface area contributed by atoms with E-state index in [2.05, 4.69) is 30.3 Å². The zero-order valence-electron chi connectivity index (χ0n) is 9.16. The smallest absolute Gasteiger partial charge is 0.301 e. The van der Waals surface area contributed by atoms with Gasteiger partial charge in [-0.15, -0.1) is 20.4 Å². The molecule has 0 spiro atoms. The lowest BCUT2D eigenvalue weighted by Gasteiger charge is -2.13. The van der Waals surface area contributed by atoms with Crippen LogP contribution in [0.3, 0.4) is 0 Å². The molecule has 10 nitrogen and oxygen atoms in total. The molecule has 0 atom stereocenters. The number of aromatic nitrogens is 2. The first-order valence-corrected chi connectivity index (χ1v) is 5.60. The third-order valence-electron chi connectivity index (χ3n) is 2.04. The maximum atomic E-state index is 10.1. The van der Waals surface area contributed by atoms with E-state index in [1.54, 1.807) is 0 Å². The van der Waals surface area contributed by atoms with Gasteiger partial charge in [-0.2, -0.15) is 0 Å². The van der Waals surface area contributed by atoms with Crippen molar-refractivity contribution >= 4 is 17.8 Å². The van der Waals surface area contributed by atoms with Crippen molar-refractivity contribution < 1.29 is 9.53 Å². The zero-order chi connectivity index (χ0) is 13.4. The standard InChI is InChI=1S/C7H10N8O2S/c8-13-7(14-9,15-10)3-1-2-5-11-12-6(18-5)17-4-16/h4,8-10H,1-3H2. The van der Waals surface area contributed by atoms with E-state index < -0.39 is 5.79 Å². The number of hydrogen-bond donors (Lipinski definition) is 3. The summed E-state index contributed by atoms with van der Waals surface area (Å²) in [7, 11) is 0. The van der Waals surface area contributed by atoms with Crippen LogP contribution in [-0.2, 0) is 11.2 Å². The molecule has 0 fully saturated rings.